The lowest BCUT2D eigenvalue weighted by Crippen LogP contribution is -2.46. The number of nitrogens with zero attached hydrogens (tertiary/aromatic N) is 1. The van der Waals surface area contributed by atoms with Crippen LogP contribution in [0.3, 0.4) is 0 Å². The summed E-state index contributed by atoms with van der Waals surface area (Å²) in [5.74, 6) is -0.0883. The lowest BCUT2D eigenvalue weighted by Gasteiger charge is -2.26. The highest BCUT2D eigenvalue weighted by atomic mass is 79.9. The molecule has 2 rings (SSSR count). The molecule has 0 saturated carbocycles. The van der Waals surface area contributed by atoms with Crippen LogP contribution in [0.5, 0.6) is 0 Å². The van der Waals surface area contributed by atoms with E-state index in [2.05, 4.69) is 31.5 Å². The Bertz CT molecular complexity index is 380. The quantitative estimate of drug-likeness (QED) is 0.863. The van der Waals surface area contributed by atoms with Crippen LogP contribution >= 0.6 is 28.3 Å². The van der Waals surface area contributed by atoms with Gasteiger partial charge in [-0.05, 0) is 15.9 Å². The summed E-state index contributed by atoms with van der Waals surface area (Å²) in [6, 6.07) is 1.67. The summed E-state index contributed by atoms with van der Waals surface area (Å²) in [6.45, 7) is 5.72. The first-order chi connectivity index (χ1) is 8.25. The minimum absolute atomic E-state index is 0. The molecule has 1 fully saturated rings. The van der Waals surface area contributed by atoms with Gasteiger partial charge in [0, 0.05) is 45.3 Å². The van der Waals surface area contributed by atoms with Crippen LogP contribution in [0.2, 0.25) is 0 Å². The zero-order valence-electron chi connectivity index (χ0n) is 9.95. The Kier molecular flexibility index (Phi) is 6.70. The molecule has 0 unspecified atom stereocenters. The Balaban J connectivity index is 0.00000162. The number of halogens is 2. The number of carbonyl (C=O) groups excluding carboxylic acids is 1. The lowest BCUT2D eigenvalue weighted by molar-refractivity contribution is 0.0946. The Hall–Kier alpha value is -0.560. The Morgan fingerprint density at radius 1 is 1.50 bits per heavy atom. The van der Waals surface area contributed by atoms with E-state index < -0.39 is 0 Å². The largest absolute Gasteiger partial charge is 0.457 e. The van der Waals surface area contributed by atoms with Gasteiger partial charge in [-0.15, -0.1) is 12.4 Å². The molecule has 1 aliphatic rings. The van der Waals surface area contributed by atoms with Gasteiger partial charge >= 0.3 is 0 Å². The van der Waals surface area contributed by atoms with Crippen LogP contribution in [0.25, 0.3) is 0 Å². The standard InChI is InChI=1S/C11H16BrN3O2.ClH/c12-10-7-9(8-17-10)11(16)14-3-6-15-4-1-13-2-5-15;/h7-8,13H,1-6H2,(H,14,16);1H. The van der Waals surface area contributed by atoms with E-state index in [4.69, 9.17) is 4.42 Å². The van der Waals surface area contributed by atoms with Crippen LogP contribution in [-0.4, -0.2) is 50.1 Å². The van der Waals surface area contributed by atoms with Crippen molar-refractivity contribution in [2.24, 2.45) is 0 Å². The molecule has 2 heterocycles. The summed E-state index contributed by atoms with van der Waals surface area (Å²) in [4.78, 5) is 14.0. The third-order valence-corrected chi connectivity index (χ3v) is 3.17. The third kappa shape index (κ3) is 4.61. The topological polar surface area (TPSA) is 57.5 Å². The van der Waals surface area contributed by atoms with Crippen molar-refractivity contribution in [3.8, 4) is 0 Å². The normalized spacial score (nSPS) is 16.1. The van der Waals surface area contributed by atoms with E-state index in [0.717, 1.165) is 32.7 Å². The number of furan rings is 1. The van der Waals surface area contributed by atoms with Gasteiger partial charge in [0.1, 0.15) is 6.26 Å². The molecule has 18 heavy (non-hydrogen) atoms. The van der Waals surface area contributed by atoms with Gasteiger partial charge in [0.15, 0.2) is 4.67 Å². The van der Waals surface area contributed by atoms with Crippen LogP contribution in [0, 0.1) is 0 Å². The number of hydrogen-bond acceptors (Lipinski definition) is 4. The SMILES string of the molecule is Cl.O=C(NCCN1CCNCC1)c1coc(Br)c1. The predicted molar refractivity (Wildman–Crippen MR) is 75.3 cm³/mol. The molecule has 1 amide bonds. The van der Waals surface area contributed by atoms with Gasteiger partial charge in [-0.2, -0.15) is 0 Å². The van der Waals surface area contributed by atoms with E-state index in [0.29, 0.717) is 16.8 Å². The molecule has 5 nitrogen and oxygen atoms in total. The zero-order valence-corrected chi connectivity index (χ0v) is 12.3. The second kappa shape index (κ2) is 7.78. The summed E-state index contributed by atoms with van der Waals surface area (Å²) in [5.41, 5.74) is 0.553. The highest BCUT2D eigenvalue weighted by Gasteiger charge is 2.11. The highest BCUT2D eigenvalue weighted by Crippen LogP contribution is 2.13. The van der Waals surface area contributed by atoms with Gasteiger partial charge in [-0.25, -0.2) is 0 Å². The number of carbonyl (C=O) groups is 1. The molecule has 0 atom stereocenters. The van der Waals surface area contributed by atoms with E-state index in [1.165, 1.54) is 6.26 Å². The second-order valence-corrected chi connectivity index (χ2v) is 4.77. The molecule has 102 valence electrons. The lowest BCUT2D eigenvalue weighted by atomic mass is 10.3. The molecular weight excluding hydrogens is 321 g/mol. The van der Waals surface area contributed by atoms with Gasteiger partial charge in [0.05, 0.1) is 5.56 Å². The fourth-order valence-electron chi connectivity index (χ4n) is 1.79. The van der Waals surface area contributed by atoms with E-state index in [1.807, 2.05) is 0 Å². The minimum Gasteiger partial charge on any atom is -0.457 e. The maximum Gasteiger partial charge on any atom is 0.254 e. The van der Waals surface area contributed by atoms with Gasteiger partial charge < -0.3 is 15.1 Å². The smallest absolute Gasteiger partial charge is 0.254 e. The molecular formula is C11H17BrClN3O2. The Morgan fingerprint density at radius 2 is 2.22 bits per heavy atom. The van der Waals surface area contributed by atoms with Crippen molar-refractivity contribution in [1.29, 1.82) is 0 Å². The molecule has 0 radical (unpaired) electrons. The molecule has 7 heteroatoms. The fourth-order valence-corrected chi connectivity index (χ4v) is 2.13. The van der Waals surface area contributed by atoms with Crippen LogP contribution in [-0.2, 0) is 0 Å². The minimum atomic E-state index is -0.0883. The average molecular weight is 339 g/mol. The molecule has 1 aromatic rings. The van der Waals surface area contributed by atoms with Crippen LogP contribution in [0.15, 0.2) is 21.4 Å². The van der Waals surface area contributed by atoms with E-state index in [1.54, 1.807) is 6.07 Å². The number of rotatable bonds is 4. The molecule has 1 aromatic heterocycles. The van der Waals surface area contributed by atoms with Crippen LogP contribution < -0.4 is 10.6 Å². The monoisotopic (exact) mass is 337 g/mol. The maximum absolute atomic E-state index is 11.7. The van der Waals surface area contributed by atoms with Crippen molar-refractivity contribution >= 4 is 34.2 Å². The number of amides is 1. The van der Waals surface area contributed by atoms with Gasteiger partial charge in [0.25, 0.3) is 5.91 Å². The molecule has 0 aromatic carbocycles. The van der Waals surface area contributed by atoms with Crippen LogP contribution in [0.1, 0.15) is 10.4 Å². The van der Waals surface area contributed by atoms with Gasteiger partial charge in [0.2, 0.25) is 0 Å². The van der Waals surface area contributed by atoms with Crippen molar-refractivity contribution < 1.29 is 9.21 Å². The molecule has 0 aliphatic carbocycles. The highest BCUT2D eigenvalue weighted by molar-refractivity contribution is 9.10. The van der Waals surface area contributed by atoms with Crippen molar-refractivity contribution in [2.75, 3.05) is 39.3 Å². The number of piperazine rings is 1. The Morgan fingerprint density at radius 3 is 2.83 bits per heavy atom. The van der Waals surface area contributed by atoms with Gasteiger partial charge in [-0.1, -0.05) is 0 Å². The summed E-state index contributed by atoms with van der Waals surface area (Å²) < 4.78 is 5.59. The first-order valence-corrected chi connectivity index (χ1v) is 6.50. The molecule has 1 saturated heterocycles. The molecule has 0 spiro atoms. The summed E-state index contributed by atoms with van der Waals surface area (Å²) >= 11 is 3.17. The van der Waals surface area contributed by atoms with Gasteiger partial charge in [-0.3, -0.25) is 9.69 Å². The number of nitrogens with one attached hydrogen (secondary N) is 2. The summed E-state index contributed by atoms with van der Waals surface area (Å²) in [7, 11) is 0. The molecule has 0 bridgehead atoms. The fraction of sp³-hybridized carbons (Fsp3) is 0.545. The van der Waals surface area contributed by atoms with Crippen LogP contribution in [0.4, 0.5) is 0 Å². The Labute approximate surface area is 121 Å². The van der Waals surface area contributed by atoms with E-state index in [9.17, 15) is 4.79 Å². The van der Waals surface area contributed by atoms with E-state index >= 15 is 0 Å². The maximum atomic E-state index is 11.7. The van der Waals surface area contributed by atoms with Crippen molar-refractivity contribution in [3.63, 3.8) is 0 Å². The van der Waals surface area contributed by atoms with Crippen molar-refractivity contribution in [3.05, 3.63) is 22.6 Å². The first-order valence-electron chi connectivity index (χ1n) is 5.71. The first kappa shape index (κ1) is 15.5. The summed E-state index contributed by atoms with van der Waals surface area (Å²) in [6.07, 6.45) is 1.45. The van der Waals surface area contributed by atoms with Crippen molar-refractivity contribution in [2.45, 2.75) is 0 Å². The van der Waals surface area contributed by atoms with E-state index in [-0.39, 0.29) is 18.3 Å². The second-order valence-electron chi connectivity index (χ2n) is 3.99. The van der Waals surface area contributed by atoms with Crippen molar-refractivity contribution in [1.82, 2.24) is 15.5 Å². The molecule has 2 N–H and O–H groups in total. The average Bonchev–Trinajstić information content (AvgIpc) is 2.77. The predicted octanol–water partition coefficient (Wildman–Crippen LogP) is 1.10. The zero-order chi connectivity index (χ0) is 12.1. The summed E-state index contributed by atoms with van der Waals surface area (Å²) in [5, 5.41) is 6.17. The number of hydrogen-bond donors (Lipinski definition) is 2. The molecule has 1 aliphatic heterocycles. The third-order valence-electron chi connectivity index (χ3n) is 2.75.